The van der Waals surface area contributed by atoms with Gasteiger partial charge in [0.05, 0.1) is 19.1 Å². The first kappa shape index (κ1) is 11.5. The van der Waals surface area contributed by atoms with Gasteiger partial charge in [-0.3, -0.25) is 9.69 Å². The molecule has 84 valence electrons. The van der Waals surface area contributed by atoms with Crippen LogP contribution in [0.25, 0.3) is 0 Å². The Hall–Kier alpha value is -1.59. The van der Waals surface area contributed by atoms with Crippen LogP contribution in [0.1, 0.15) is 12.8 Å². The zero-order chi connectivity index (χ0) is 11.4. The van der Waals surface area contributed by atoms with Crippen LogP contribution in [0.2, 0.25) is 0 Å². The molecule has 1 heterocycles. The Morgan fingerprint density at radius 3 is 2.60 bits per heavy atom. The topological polar surface area (TPSA) is 83.9 Å². The highest BCUT2D eigenvalue weighted by atomic mass is 16.5. The van der Waals surface area contributed by atoms with Gasteiger partial charge in [0, 0.05) is 6.54 Å². The van der Waals surface area contributed by atoms with E-state index in [9.17, 15) is 14.4 Å². The quantitative estimate of drug-likeness (QED) is 0.522. The van der Waals surface area contributed by atoms with Gasteiger partial charge < -0.3 is 14.6 Å². The number of nitrogens with zero attached hydrogens (tertiary/aromatic N) is 1. The molecule has 1 aliphatic rings. The molecule has 0 aliphatic carbocycles. The summed E-state index contributed by atoms with van der Waals surface area (Å²) in [7, 11) is 1.26. The molecule has 15 heavy (non-hydrogen) atoms. The SMILES string of the molecule is COC(=O)C1CCC(C=O)N(C(=O)O)C1. The van der Waals surface area contributed by atoms with Crippen molar-refractivity contribution in [3.05, 3.63) is 0 Å². The number of piperidine rings is 1. The molecule has 0 saturated carbocycles. The average molecular weight is 215 g/mol. The molecule has 2 atom stereocenters. The van der Waals surface area contributed by atoms with Gasteiger partial charge in [0.25, 0.3) is 0 Å². The number of ether oxygens (including phenoxy) is 1. The highest BCUT2D eigenvalue weighted by molar-refractivity contribution is 5.76. The summed E-state index contributed by atoms with van der Waals surface area (Å²) in [4.78, 5) is 33.6. The van der Waals surface area contributed by atoms with E-state index in [0.29, 0.717) is 19.1 Å². The number of likely N-dealkylation sites (tertiary alicyclic amines) is 1. The summed E-state index contributed by atoms with van der Waals surface area (Å²) in [6.07, 6.45) is 0.275. The minimum Gasteiger partial charge on any atom is -0.469 e. The molecule has 1 fully saturated rings. The Labute approximate surface area is 86.8 Å². The molecule has 0 aromatic carbocycles. The van der Waals surface area contributed by atoms with Crippen molar-refractivity contribution in [2.45, 2.75) is 18.9 Å². The predicted molar refractivity (Wildman–Crippen MR) is 49.3 cm³/mol. The van der Waals surface area contributed by atoms with Crippen LogP contribution in [-0.2, 0) is 14.3 Å². The maximum absolute atomic E-state index is 11.2. The van der Waals surface area contributed by atoms with E-state index in [1.165, 1.54) is 7.11 Å². The molecule has 1 aliphatic heterocycles. The molecule has 1 saturated heterocycles. The van der Waals surface area contributed by atoms with Crippen molar-refractivity contribution in [1.82, 2.24) is 4.90 Å². The fourth-order valence-corrected chi connectivity index (χ4v) is 1.71. The Balaban J connectivity index is 2.69. The first-order valence-corrected chi connectivity index (χ1v) is 4.62. The third-order valence-electron chi connectivity index (χ3n) is 2.57. The van der Waals surface area contributed by atoms with Gasteiger partial charge in [-0.05, 0) is 12.8 Å². The maximum Gasteiger partial charge on any atom is 0.407 e. The second-order valence-electron chi connectivity index (χ2n) is 3.44. The highest BCUT2D eigenvalue weighted by Crippen LogP contribution is 2.22. The number of aldehydes is 1. The van der Waals surface area contributed by atoms with E-state index in [0.717, 1.165) is 4.90 Å². The standard InChI is InChI=1S/C9H13NO5/c1-15-8(12)6-2-3-7(5-11)10(4-6)9(13)14/h5-7H,2-4H2,1H3,(H,13,14). The normalized spacial score (nSPS) is 25.8. The van der Waals surface area contributed by atoms with Crippen LogP contribution in [-0.4, -0.2) is 48.1 Å². The number of rotatable bonds is 2. The highest BCUT2D eigenvalue weighted by Gasteiger charge is 2.34. The Morgan fingerprint density at radius 1 is 1.47 bits per heavy atom. The maximum atomic E-state index is 11.2. The molecule has 0 radical (unpaired) electrons. The van der Waals surface area contributed by atoms with E-state index < -0.39 is 24.0 Å². The van der Waals surface area contributed by atoms with Gasteiger partial charge in [-0.2, -0.15) is 0 Å². The van der Waals surface area contributed by atoms with E-state index >= 15 is 0 Å². The summed E-state index contributed by atoms with van der Waals surface area (Å²) in [5.41, 5.74) is 0. The summed E-state index contributed by atoms with van der Waals surface area (Å²) in [6, 6.07) is -0.636. The van der Waals surface area contributed by atoms with Crippen LogP contribution in [0.4, 0.5) is 4.79 Å². The van der Waals surface area contributed by atoms with Gasteiger partial charge in [0.15, 0.2) is 0 Å². The number of hydrogen-bond donors (Lipinski definition) is 1. The van der Waals surface area contributed by atoms with Crippen molar-refractivity contribution < 1.29 is 24.2 Å². The van der Waals surface area contributed by atoms with Gasteiger partial charge in [0.2, 0.25) is 0 Å². The monoisotopic (exact) mass is 215 g/mol. The van der Waals surface area contributed by atoms with E-state index in [-0.39, 0.29) is 6.54 Å². The summed E-state index contributed by atoms with van der Waals surface area (Å²) < 4.78 is 4.54. The minimum absolute atomic E-state index is 0.0331. The Morgan fingerprint density at radius 2 is 2.13 bits per heavy atom. The summed E-state index contributed by atoms with van der Waals surface area (Å²) in [5, 5.41) is 8.83. The molecule has 2 unspecified atom stereocenters. The van der Waals surface area contributed by atoms with Crippen LogP contribution >= 0.6 is 0 Å². The summed E-state index contributed by atoms with van der Waals surface area (Å²) in [6.45, 7) is 0.0331. The molecule has 0 spiro atoms. The third kappa shape index (κ3) is 2.45. The summed E-state index contributed by atoms with van der Waals surface area (Å²) in [5.74, 6) is -0.882. The second kappa shape index (κ2) is 4.77. The smallest absolute Gasteiger partial charge is 0.407 e. The molecule has 0 aromatic heterocycles. The van der Waals surface area contributed by atoms with Gasteiger partial charge >= 0.3 is 12.1 Å². The molecule has 6 nitrogen and oxygen atoms in total. The van der Waals surface area contributed by atoms with Crippen molar-refractivity contribution in [3.8, 4) is 0 Å². The van der Waals surface area contributed by atoms with Crippen molar-refractivity contribution in [2.24, 2.45) is 5.92 Å². The van der Waals surface area contributed by atoms with Crippen LogP contribution < -0.4 is 0 Å². The van der Waals surface area contributed by atoms with Gasteiger partial charge in [-0.15, -0.1) is 0 Å². The minimum atomic E-state index is -1.18. The lowest BCUT2D eigenvalue weighted by Crippen LogP contribution is -2.49. The fraction of sp³-hybridized carbons (Fsp3) is 0.667. The largest absolute Gasteiger partial charge is 0.469 e. The lowest BCUT2D eigenvalue weighted by atomic mass is 9.94. The number of esters is 1. The molecule has 1 rings (SSSR count). The number of carbonyl (C=O) groups is 3. The Bertz CT molecular complexity index is 278. The molecule has 1 N–H and O–H groups in total. The van der Waals surface area contributed by atoms with Crippen LogP contribution in [0, 0.1) is 5.92 Å². The van der Waals surface area contributed by atoms with Crippen molar-refractivity contribution in [1.29, 1.82) is 0 Å². The van der Waals surface area contributed by atoms with Crippen LogP contribution in [0.15, 0.2) is 0 Å². The first-order chi connectivity index (χ1) is 7.10. The second-order valence-corrected chi connectivity index (χ2v) is 3.44. The van der Waals surface area contributed by atoms with Crippen molar-refractivity contribution >= 4 is 18.3 Å². The molecule has 0 bridgehead atoms. The summed E-state index contributed by atoms with van der Waals surface area (Å²) >= 11 is 0. The number of hydrogen-bond acceptors (Lipinski definition) is 4. The number of methoxy groups -OCH3 is 1. The van der Waals surface area contributed by atoms with Crippen LogP contribution in [0.3, 0.4) is 0 Å². The van der Waals surface area contributed by atoms with E-state index in [2.05, 4.69) is 4.74 Å². The third-order valence-corrected chi connectivity index (χ3v) is 2.57. The first-order valence-electron chi connectivity index (χ1n) is 4.62. The molecular weight excluding hydrogens is 202 g/mol. The van der Waals surface area contributed by atoms with Gasteiger partial charge in [0.1, 0.15) is 6.29 Å². The number of carbonyl (C=O) groups excluding carboxylic acids is 2. The van der Waals surface area contributed by atoms with E-state index in [4.69, 9.17) is 5.11 Å². The van der Waals surface area contributed by atoms with E-state index in [1.54, 1.807) is 0 Å². The zero-order valence-corrected chi connectivity index (χ0v) is 8.38. The predicted octanol–water partition coefficient (Wildman–Crippen LogP) is 0.117. The fourth-order valence-electron chi connectivity index (χ4n) is 1.71. The van der Waals surface area contributed by atoms with Gasteiger partial charge in [-0.25, -0.2) is 4.79 Å². The number of carboxylic acid groups (broad SMARTS) is 1. The lowest BCUT2D eigenvalue weighted by Gasteiger charge is -2.33. The number of amides is 1. The average Bonchev–Trinajstić information content (AvgIpc) is 2.27. The molecule has 1 amide bonds. The molecular formula is C9H13NO5. The van der Waals surface area contributed by atoms with Crippen LogP contribution in [0.5, 0.6) is 0 Å². The zero-order valence-electron chi connectivity index (χ0n) is 8.38. The van der Waals surface area contributed by atoms with Crippen molar-refractivity contribution in [2.75, 3.05) is 13.7 Å². The van der Waals surface area contributed by atoms with Gasteiger partial charge in [-0.1, -0.05) is 0 Å². The Kier molecular flexibility index (Phi) is 3.65. The molecule has 0 aromatic rings. The molecule has 6 heteroatoms. The van der Waals surface area contributed by atoms with Crippen molar-refractivity contribution in [3.63, 3.8) is 0 Å². The lowest BCUT2D eigenvalue weighted by molar-refractivity contribution is -0.148. The van der Waals surface area contributed by atoms with E-state index in [1.807, 2.05) is 0 Å².